The van der Waals surface area contributed by atoms with Gasteiger partial charge in [-0.3, -0.25) is 9.69 Å². The second kappa shape index (κ2) is 10.6. The van der Waals surface area contributed by atoms with E-state index in [-0.39, 0.29) is 31.0 Å². The Hall–Kier alpha value is -3.35. The predicted octanol–water partition coefficient (Wildman–Crippen LogP) is 3.85. The van der Waals surface area contributed by atoms with E-state index >= 15 is 0 Å². The van der Waals surface area contributed by atoms with E-state index in [2.05, 4.69) is 0 Å². The van der Waals surface area contributed by atoms with E-state index in [4.69, 9.17) is 19.2 Å². The van der Waals surface area contributed by atoms with Gasteiger partial charge < -0.3 is 14.2 Å². The molecule has 2 aromatic carbocycles. The average Bonchev–Trinajstić information content (AvgIpc) is 3.14. The maximum atomic E-state index is 11.9. The molecule has 1 amide bonds. The topological polar surface area (TPSA) is 77.4 Å². The number of hydrogen-bond donors (Lipinski definition) is 0. The van der Waals surface area contributed by atoms with Crippen molar-refractivity contribution in [3.8, 4) is 5.75 Å². The van der Waals surface area contributed by atoms with Gasteiger partial charge in [-0.25, -0.2) is 9.79 Å². The minimum absolute atomic E-state index is 0.000914. The van der Waals surface area contributed by atoms with Gasteiger partial charge in [-0.05, 0) is 43.7 Å². The van der Waals surface area contributed by atoms with E-state index in [9.17, 15) is 9.59 Å². The molecule has 0 N–H and O–H groups in total. The van der Waals surface area contributed by atoms with Gasteiger partial charge in [0.15, 0.2) is 0 Å². The van der Waals surface area contributed by atoms with Gasteiger partial charge in [0.25, 0.3) is 0 Å². The first-order valence-electron chi connectivity index (χ1n) is 10.3. The van der Waals surface area contributed by atoms with Crippen LogP contribution in [0.3, 0.4) is 0 Å². The number of amides is 1. The van der Waals surface area contributed by atoms with Crippen LogP contribution in [0.2, 0.25) is 0 Å². The Morgan fingerprint density at radius 1 is 1.13 bits per heavy atom. The molecule has 7 heteroatoms. The summed E-state index contributed by atoms with van der Waals surface area (Å²) in [4.78, 5) is 29.4. The fourth-order valence-corrected chi connectivity index (χ4v) is 3.40. The fourth-order valence-electron chi connectivity index (χ4n) is 3.40. The van der Waals surface area contributed by atoms with Crippen LogP contribution >= 0.6 is 0 Å². The number of benzene rings is 2. The van der Waals surface area contributed by atoms with E-state index in [1.807, 2.05) is 61.5 Å². The lowest BCUT2D eigenvalue weighted by Crippen LogP contribution is -2.34. The Bertz CT molecular complexity index is 929. The molecule has 2 aromatic rings. The minimum Gasteiger partial charge on any atom is -0.494 e. The van der Waals surface area contributed by atoms with Crippen LogP contribution in [-0.4, -0.2) is 55.1 Å². The first-order valence-corrected chi connectivity index (χ1v) is 10.3. The van der Waals surface area contributed by atoms with Crippen molar-refractivity contribution in [2.24, 2.45) is 4.99 Å². The van der Waals surface area contributed by atoms with E-state index < -0.39 is 6.09 Å². The Kier molecular flexibility index (Phi) is 7.65. The van der Waals surface area contributed by atoms with Crippen LogP contribution in [0.4, 0.5) is 4.79 Å². The highest BCUT2D eigenvalue weighted by atomic mass is 16.5. The van der Waals surface area contributed by atoms with Crippen molar-refractivity contribution in [3.05, 3.63) is 65.7 Å². The van der Waals surface area contributed by atoms with Gasteiger partial charge in [0.05, 0.1) is 26.3 Å². The monoisotopic (exact) mass is 424 g/mol. The van der Waals surface area contributed by atoms with E-state index in [1.54, 1.807) is 0 Å². The smallest absolute Gasteiger partial charge is 0.410 e. The van der Waals surface area contributed by atoms with Gasteiger partial charge >= 0.3 is 6.09 Å². The maximum absolute atomic E-state index is 11.9. The predicted molar refractivity (Wildman–Crippen MR) is 117 cm³/mol. The van der Waals surface area contributed by atoms with Gasteiger partial charge in [0.2, 0.25) is 5.90 Å². The third-order valence-corrected chi connectivity index (χ3v) is 4.94. The molecule has 0 fully saturated rings. The molecule has 0 radical (unpaired) electrons. The van der Waals surface area contributed by atoms with Crippen molar-refractivity contribution >= 4 is 17.8 Å². The molecule has 0 aliphatic carbocycles. The van der Waals surface area contributed by atoms with Crippen LogP contribution in [0.5, 0.6) is 5.75 Å². The van der Waals surface area contributed by atoms with Crippen molar-refractivity contribution in [2.75, 3.05) is 20.3 Å². The standard InChI is InChI=1S/C24H28N2O5/c1-17(27)15-26(24(28)29-3)16-19-8-7-11-21(14-19)30-13-12-22-18(2)31-23(25-22)20-9-5-4-6-10-20/h4-11,14,18,22H,12-13,15-16H2,1-3H3. The summed E-state index contributed by atoms with van der Waals surface area (Å²) in [6.45, 7) is 4.21. The molecule has 3 rings (SSSR count). The second-order valence-electron chi connectivity index (χ2n) is 7.50. The summed E-state index contributed by atoms with van der Waals surface area (Å²) in [7, 11) is 1.30. The van der Waals surface area contributed by atoms with Crippen molar-refractivity contribution < 1.29 is 23.8 Å². The van der Waals surface area contributed by atoms with E-state index in [0.717, 1.165) is 17.5 Å². The molecule has 1 heterocycles. The van der Waals surface area contributed by atoms with Crippen LogP contribution in [-0.2, 0) is 20.8 Å². The summed E-state index contributed by atoms with van der Waals surface area (Å²) < 4.78 is 16.6. The molecule has 7 nitrogen and oxygen atoms in total. The molecule has 2 atom stereocenters. The van der Waals surface area contributed by atoms with Crippen molar-refractivity contribution in [1.82, 2.24) is 4.90 Å². The summed E-state index contributed by atoms with van der Waals surface area (Å²) >= 11 is 0. The van der Waals surface area contributed by atoms with Crippen molar-refractivity contribution in [2.45, 2.75) is 39.0 Å². The van der Waals surface area contributed by atoms with E-state index in [1.165, 1.54) is 18.9 Å². The fraction of sp³-hybridized carbons (Fsp3) is 0.375. The molecular formula is C24H28N2O5. The highest BCUT2D eigenvalue weighted by molar-refractivity contribution is 5.95. The number of Topliss-reactive ketones (excluding diaryl/α,β-unsaturated/α-hetero) is 1. The molecule has 0 spiro atoms. The lowest BCUT2D eigenvalue weighted by molar-refractivity contribution is -0.117. The first kappa shape index (κ1) is 22.3. The van der Waals surface area contributed by atoms with Crippen LogP contribution < -0.4 is 4.74 Å². The zero-order chi connectivity index (χ0) is 22.2. The van der Waals surface area contributed by atoms with Gasteiger partial charge in [0, 0.05) is 18.5 Å². The molecular weight excluding hydrogens is 396 g/mol. The number of ketones is 1. The first-order chi connectivity index (χ1) is 15.0. The largest absolute Gasteiger partial charge is 0.494 e. The molecule has 0 bridgehead atoms. The molecule has 164 valence electrons. The lowest BCUT2D eigenvalue weighted by atomic mass is 10.1. The molecule has 1 aliphatic heterocycles. The summed E-state index contributed by atoms with van der Waals surface area (Å²) in [5, 5.41) is 0. The summed E-state index contributed by atoms with van der Waals surface area (Å²) in [5.74, 6) is 1.26. The Morgan fingerprint density at radius 3 is 2.61 bits per heavy atom. The zero-order valence-corrected chi connectivity index (χ0v) is 18.1. The second-order valence-corrected chi connectivity index (χ2v) is 7.50. The molecule has 2 unspecified atom stereocenters. The third-order valence-electron chi connectivity index (χ3n) is 4.94. The SMILES string of the molecule is COC(=O)N(CC(C)=O)Cc1cccc(OCCC2N=C(c3ccccc3)OC2C)c1. The number of methoxy groups -OCH3 is 1. The highest BCUT2D eigenvalue weighted by Gasteiger charge is 2.27. The van der Waals surface area contributed by atoms with Gasteiger partial charge in [-0.15, -0.1) is 0 Å². The van der Waals surface area contributed by atoms with Gasteiger partial charge in [-0.2, -0.15) is 0 Å². The van der Waals surface area contributed by atoms with Crippen molar-refractivity contribution in [1.29, 1.82) is 0 Å². The third kappa shape index (κ3) is 6.31. The number of carbonyl (C=O) groups excluding carboxylic acids is 2. The summed E-state index contributed by atoms with van der Waals surface area (Å²) in [6, 6.07) is 17.4. The number of nitrogens with zero attached hydrogens (tertiary/aromatic N) is 2. The number of rotatable bonds is 9. The number of carbonyl (C=O) groups is 2. The molecule has 31 heavy (non-hydrogen) atoms. The molecule has 0 aromatic heterocycles. The van der Waals surface area contributed by atoms with Crippen LogP contribution in [0, 0.1) is 0 Å². The minimum atomic E-state index is -0.538. The van der Waals surface area contributed by atoms with Gasteiger partial charge in [-0.1, -0.05) is 30.3 Å². The number of aliphatic imine (C=N–C) groups is 1. The zero-order valence-electron chi connectivity index (χ0n) is 18.1. The number of ether oxygens (including phenoxy) is 3. The van der Waals surface area contributed by atoms with E-state index in [0.29, 0.717) is 18.3 Å². The Balaban J connectivity index is 1.56. The van der Waals surface area contributed by atoms with Crippen LogP contribution in [0.25, 0.3) is 0 Å². The molecule has 0 saturated carbocycles. The Labute approximate surface area is 182 Å². The maximum Gasteiger partial charge on any atom is 0.410 e. The van der Waals surface area contributed by atoms with Crippen LogP contribution in [0.15, 0.2) is 59.6 Å². The van der Waals surface area contributed by atoms with Crippen molar-refractivity contribution in [3.63, 3.8) is 0 Å². The highest BCUT2D eigenvalue weighted by Crippen LogP contribution is 2.21. The average molecular weight is 424 g/mol. The van der Waals surface area contributed by atoms with Crippen LogP contribution in [0.1, 0.15) is 31.4 Å². The lowest BCUT2D eigenvalue weighted by Gasteiger charge is -2.20. The van der Waals surface area contributed by atoms with Gasteiger partial charge in [0.1, 0.15) is 17.6 Å². The quantitative estimate of drug-likeness (QED) is 0.611. The summed E-state index contributed by atoms with van der Waals surface area (Å²) in [6.07, 6.45) is 0.175. The summed E-state index contributed by atoms with van der Waals surface area (Å²) in [5.41, 5.74) is 1.83. The molecule has 1 aliphatic rings. The normalized spacial score (nSPS) is 17.5. The molecule has 0 saturated heterocycles. The Morgan fingerprint density at radius 2 is 1.90 bits per heavy atom. The number of hydrogen-bond acceptors (Lipinski definition) is 6.